The zero-order chi connectivity index (χ0) is 5.45. The normalized spacial score (nSPS) is 14.5. The molecule has 0 aliphatic heterocycles. The van der Waals surface area contributed by atoms with Crippen LogP contribution in [0.3, 0.4) is 0 Å². The average Bonchev–Trinajstić information content (AvgIpc) is 0.650. The minimum absolute atomic E-state index is 6.85. The monoisotopic (exact) mass is 177 g/mol. The van der Waals surface area contributed by atoms with E-state index < -0.39 is 16.7 Å². The Hall–Kier alpha value is 0.0303. The van der Waals surface area contributed by atoms with Gasteiger partial charge in [0.25, 0.3) is 0 Å². The Kier molecular flexibility index (Phi) is 0.816. The van der Waals surface area contributed by atoms with Crippen molar-refractivity contribution in [2.24, 2.45) is 0 Å². The molecule has 6 heteroatoms. The van der Waals surface area contributed by atoms with Crippen molar-refractivity contribution >= 4 is 0 Å². The minimum atomic E-state index is -7.94. The van der Waals surface area contributed by atoms with Gasteiger partial charge in [-0.05, 0) is 0 Å². The maximum absolute atomic E-state index is 10.5. The van der Waals surface area contributed by atoms with Crippen molar-refractivity contribution in [1.29, 1.82) is 0 Å². The molecule has 0 bridgehead atoms. The first-order valence-corrected chi connectivity index (χ1v) is 5.42. The summed E-state index contributed by atoms with van der Waals surface area (Å²) < 4.78 is 43.3. The topological polar surface area (TPSA) is 71.4 Å². The van der Waals surface area contributed by atoms with Gasteiger partial charge in [0.15, 0.2) is 0 Å². The Morgan fingerprint density at radius 1 is 1.33 bits per heavy atom. The summed E-state index contributed by atoms with van der Waals surface area (Å²) in [7, 11) is 0. The second-order valence-electron chi connectivity index (χ2n) is 0.751. The molecule has 0 heterocycles. The van der Waals surface area contributed by atoms with E-state index >= 15 is 0 Å². The summed E-state index contributed by atoms with van der Waals surface area (Å²) in [5.41, 5.74) is 0. The Morgan fingerprint density at radius 3 is 1.33 bits per heavy atom. The third-order valence-corrected chi connectivity index (χ3v) is 0. The van der Waals surface area contributed by atoms with Crippen LogP contribution in [0, 0.1) is 0 Å². The van der Waals surface area contributed by atoms with Gasteiger partial charge in [0.2, 0.25) is 0 Å². The zero-order valence-electron chi connectivity index (χ0n) is 2.50. The van der Waals surface area contributed by atoms with Crippen LogP contribution in [-0.2, 0) is 26.4 Å². The molecule has 0 aliphatic carbocycles. The molecule has 0 unspecified atom stereocenters. The Bertz CT molecular complexity index is 186. The van der Waals surface area contributed by atoms with Gasteiger partial charge in [-0.2, -0.15) is 0 Å². The zero-order valence-corrected chi connectivity index (χ0v) is 4.70. The van der Waals surface area contributed by atoms with E-state index in [4.69, 9.17) is 13.4 Å². The molecule has 0 fully saturated rings. The van der Waals surface area contributed by atoms with Crippen LogP contribution in [0.15, 0.2) is 0 Å². The molecule has 0 radical (unpaired) electrons. The van der Waals surface area contributed by atoms with Gasteiger partial charge in [-0.1, -0.05) is 0 Å². The van der Waals surface area contributed by atoms with Gasteiger partial charge in [-0.3, -0.25) is 0 Å². The van der Waals surface area contributed by atoms with Crippen LogP contribution >= 0.6 is 0 Å². The first-order chi connectivity index (χ1) is 2.24. The second-order valence-corrected chi connectivity index (χ2v) is 4.44. The van der Waals surface area contributed by atoms with E-state index in [2.05, 4.69) is 0 Å². The first-order valence-electron chi connectivity index (χ1n) is 0.917. The molecule has 0 rings (SSSR count). The molecule has 1 N–H and O–H groups in total. The summed E-state index contributed by atoms with van der Waals surface area (Å²) in [5, 5.41) is 0. The van der Waals surface area contributed by atoms with Crippen LogP contribution in [0.4, 0.5) is 3.02 Å². The number of halogens is 1. The van der Waals surface area contributed by atoms with Gasteiger partial charge >= 0.3 is 33.1 Å². The van der Waals surface area contributed by atoms with Gasteiger partial charge in [0.05, 0.1) is 0 Å². The van der Waals surface area contributed by atoms with E-state index in [1.807, 2.05) is 0 Å². The molecule has 37 valence electrons. The van der Waals surface area contributed by atoms with Crippen LogP contribution in [0.2, 0.25) is 0 Å². The van der Waals surface area contributed by atoms with Gasteiger partial charge in [-0.15, -0.1) is 0 Å². The Balaban J connectivity index is 5.37. The third-order valence-electron chi connectivity index (χ3n) is 0. The summed E-state index contributed by atoms with van der Waals surface area (Å²) in [6, 6.07) is 0. The molecule has 0 aromatic rings. The molecule has 0 aromatic heterocycles. The van der Waals surface area contributed by atoms with Crippen molar-refractivity contribution in [3.8, 4) is 0 Å². The third kappa shape index (κ3) is 40400. The molecule has 6 heavy (non-hydrogen) atoms. The predicted octanol–water partition coefficient (Wildman–Crippen LogP) is -0.496. The van der Waals surface area contributed by atoms with Crippen LogP contribution in [-0.4, -0.2) is 3.61 Å². The summed E-state index contributed by atoms with van der Waals surface area (Å²) in [5.74, 6) is 0. The average molecular weight is 177 g/mol. The van der Waals surface area contributed by atoms with Gasteiger partial charge in [0, 0.05) is 0 Å². The molecule has 0 atom stereocenters. The van der Waals surface area contributed by atoms with Crippen molar-refractivity contribution in [3.05, 3.63) is 0 Å². The standard InChI is InChI=1S/FH.Nb.H2O.3O/h1H;;1H2;;;/q;+2;;;;/p-2. The van der Waals surface area contributed by atoms with Crippen molar-refractivity contribution in [2.45, 2.75) is 0 Å². The van der Waals surface area contributed by atoms with Crippen LogP contribution < -0.4 is 0 Å². The van der Waals surface area contributed by atoms with Crippen LogP contribution in [0.25, 0.3) is 0 Å². The van der Waals surface area contributed by atoms with Gasteiger partial charge in [-0.25, -0.2) is 0 Å². The predicted molar refractivity (Wildman–Crippen MR) is 5.39 cm³/mol. The van der Waals surface area contributed by atoms with E-state index in [1.54, 1.807) is 0 Å². The first kappa shape index (κ1) is 6.03. The molecular weight excluding hydrogens is 176 g/mol. The van der Waals surface area contributed by atoms with Gasteiger partial charge < -0.3 is 0 Å². The Labute approximate surface area is 33.7 Å². The van der Waals surface area contributed by atoms with E-state index in [-0.39, 0.29) is 0 Å². The van der Waals surface area contributed by atoms with Crippen LogP contribution in [0.1, 0.15) is 0 Å². The maximum atomic E-state index is 10.5. The summed E-state index contributed by atoms with van der Waals surface area (Å²) in [6.45, 7) is 0. The number of hydrogen-bond donors (Lipinski definition) is 1. The molecule has 0 spiro atoms. The second kappa shape index (κ2) is 0.812. The quantitative estimate of drug-likeness (QED) is 0.506. The van der Waals surface area contributed by atoms with Crippen molar-refractivity contribution in [3.63, 3.8) is 0 Å². The molecule has 4 nitrogen and oxygen atoms in total. The molecule has 0 amide bonds. The molecule has 0 aromatic carbocycles. The molecule has 0 aliphatic rings. The SMILES string of the molecule is [O]=[Nb](=[O])(=[O])([OH])[F]. The fourth-order valence-electron chi connectivity index (χ4n) is 0. The summed E-state index contributed by atoms with van der Waals surface area (Å²) >= 11 is -7.94. The molecule has 0 saturated heterocycles. The molecule has 0 saturated carbocycles. The summed E-state index contributed by atoms with van der Waals surface area (Å²) in [6.07, 6.45) is 0. The number of rotatable bonds is 0. The Morgan fingerprint density at radius 2 is 1.33 bits per heavy atom. The molecular formula is HFNbO4. The van der Waals surface area contributed by atoms with E-state index in [0.717, 1.165) is 0 Å². The van der Waals surface area contributed by atoms with Crippen molar-refractivity contribution < 1.29 is 33.1 Å². The van der Waals surface area contributed by atoms with E-state index in [9.17, 15) is 3.02 Å². The van der Waals surface area contributed by atoms with Gasteiger partial charge in [0.1, 0.15) is 0 Å². The summed E-state index contributed by atoms with van der Waals surface area (Å²) in [4.78, 5) is 0. The fraction of sp³-hybridized carbons (Fsp3) is 0. The van der Waals surface area contributed by atoms with Crippen LogP contribution in [0.5, 0.6) is 0 Å². The number of hydrogen-bond acceptors (Lipinski definition) is 3. The fourth-order valence-corrected chi connectivity index (χ4v) is 0. The van der Waals surface area contributed by atoms with E-state index in [0.29, 0.717) is 0 Å². The van der Waals surface area contributed by atoms with Crippen molar-refractivity contribution in [2.75, 3.05) is 0 Å². The van der Waals surface area contributed by atoms with E-state index in [1.165, 1.54) is 0 Å². The van der Waals surface area contributed by atoms with Crippen molar-refractivity contribution in [1.82, 2.24) is 0 Å².